The van der Waals surface area contributed by atoms with E-state index in [1.54, 1.807) is 26.0 Å². The number of carbonyl (C=O) groups excluding carboxylic acids is 2. The Morgan fingerprint density at radius 2 is 2.17 bits per heavy atom. The van der Waals surface area contributed by atoms with Crippen molar-refractivity contribution in [3.8, 4) is 0 Å². The van der Waals surface area contributed by atoms with Crippen LogP contribution < -0.4 is 16.4 Å². The third-order valence-corrected chi connectivity index (χ3v) is 2.96. The van der Waals surface area contributed by atoms with Crippen LogP contribution >= 0.6 is 11.6 Å². The van der Waals surface area contributed by atoms with Gasteiger partial charge in [-0.1, -0.05) is 11.6 Å². The number of carbonyl (C=O) groups is 2. The molecule has 6 heteroatoms. The number of fused-ring (bicyclic) bond motifs is 1. The minimum absolute atomic E-state index is 0.0799. The molecular weight excluding hydrogens is 254 g/mol. The van der Waals surface area contributed by atoms with Gasteiger partial charge in [-0.3, -0.25) is 9.59 Å². The fourth-order valence-electron chi connectivity index (χ4n) is 1.63. The van der Waals surface area contributed by atoms with Crippen LogP contribution in [0.4, 0.5) is 11.4 Å². The van der Waals surface area contributed by atoms with Crippen molar-refractivity contribution in [1.82, 2.24) is 0 Å². The Labute approximate surface area is 110 Å². The number of nitrogens with one attached hydrogen (secondary N) is 2. The summed E-state index contributed by atoms with van der Waals surface area (Å²) in [6.45, 7) is 3.21. The first-order chi connectivity index (χ1) is 8.27. The summed E-state index contributed by atoms with van der Waals surface area (Å²) >= 11 is 6.04. The van der Waals surface area contributed by atoms with Crippen LogP contribution in [0, 0.1) is 0 Å². The van der Waals surface area contributed by atoms with Crippen LogP contribution in [0.15, 0.2) is 12.1 Å². The van der Waals surface area contributed by atoms with Gasteiger partial charge in [0.15, 0.2) is 0 Å². The summed E-state index contributed by atoms with van der Waals surface area (Å²) in [4.78, 5) is 23.0. The summed E-state index contributed by atoms with van der Waals surface area (Å²) in [5.41, 5.74) is 6.67. The van der Waals surface area contributed by atoms with Crippen molar-refractivity contribution in [1.29, 1.82) is 0 Å². The molecule has 1 aromatic carbocycles. The van der Waals surface area contributed by atoms with Crippen LogP contribution in [0.25, 0.3) is 0 Å². The number of benzene rings is 1. The lowest BCUT2D eigenvalue weighted by molar-refractivity contribution is -0.120. The minimum Gasteiger partial charge on any atom is -0.325 e. The molecule has 18 heavy (non-hydrogen) atoms. The Morgan fingerprint density at radius 1 is 1.50 bits per heavy atom. The summed E-state index contributed by atoms with van der Waals surface area (Å²) < 4.78 is 0. The van der Waals surface area contributed by atoms with E-state index in [1.807, 2.05) is 0 Å². The van der Waals surface area contributed by atoms with Crippen molar-refractivity contribution < 1.29 is 9.59 Å². The van der Waals surface area contributed by atoms with E-state index in [-0.39, 0.29) is 11.8 Å². The lowest BCUT2D eigenvalue weighted by Crippen LogP contribution is -2.45. The van der Waals surface area contributed by atoms with E-state index < -0.39 is 5.54 Å². The highest BCUT2D eigenvalue weighted by Crippen LogP contribution is 2.33. The number of hydrogen-bond acceptors (Lipinski definition) is 3. The van der Waals surface area contributed by atoms with Crippen LogP contribution in [0.5, 0.6) is 0 Å². The Hall–Kier alpha value is -1.59. The molecule has 0 atom stereocenters. The average molecular weight is 268 g/mol. The van der Waals surface area contributed by atoms with E-state index in [0.717, 1.165) is 5.56 Å². The topological polar surface area (TPSA) is 84.2 Å². The molecule has 96 valence electrons. The van der Waals surface area contributed by atoms with Crippen LogP contribution in [0.3, 0.4) is 0 Å². The maximum absolute atomic E-state index is 11.8. The van der Waals surface area contributed by atoms with Crippen LogP contribution in [0.2, 0.25) is 5.02 Å². The van der Waals surface area contributed by atoms with Gasteiger partial charge < -0.3 is 16.4 Å². The predicted molar refractivity (Wildman–Crippen MR) is 70.7 cm³/mol. The fraction of sp³-hybridized carbons (Fsp3) is 0.333. The maximum atomic E-state index is 11.8. The van der Waals surface area contributed by atoms with Gasteiger partial charge in [0.05, 0.1) is 22.7 Å². The van der Waals surface area contributed by atoms with E-state index in [2.05, 4.69) is 10.6 Å². The van der Waals surface area contributed by atoms with E-state index in [4.69, 9.17) is 17.3 Å². The van der Waals surface area contributed by atoms with Gasteiger partial charge in [0.1, 0.15) is 0 Å². The maximum Gasteiger partial charge on any atom is 0.243 e. The molecule has 4 N–H and O–H groups in total. The van der Waals surface area contributed by atoms with Gasteiger partial charge in [-0.05, 0) is 31.5 Å². The highest BCUT2D eigenvalue weighted by Gasteiger charge is 2.24. The summed E-state index contributed by atoms with van der Waals surface area (Å²) in [6, 6.07) is 3.32. The van der Waals surface area contributed by atoms with Gasteiger partial charge in [-0.2, -0.15) is 0 Å². The third kappa shape index (κ3) is 2.47. The van der Waals surface area contributed by atoms with Crippen LogP contribution in [-0.4, -0.2) is 17.4 Å². The molecule has 1 heterocycles. The molecule has 0 fully saturated rings. The average Bonchev–Trinajstić information content (AvgIpc) is 2.56. The van der Waals surface area contributed by atoms with Gasteiger partial charge in [-0.15, -0.1) is 0 Å². The zero-order chi connectivity index (χ0) is 13.5. The molecule has 0 saturated carbocycles. The molecule has 0 radical (unpaired) electrons. The predicted octanol–water partition coefficient (Wildman–Crippen LogP) is 1.51. The standard InChI is InChI=1S/C12H14ClN3O2/c1-12(2,14)11(18)16-9-3-6-4-10(17)15-8(6)5-7(9)13/h3,5H,4,14H2,1-2H3,(H,15,17)(H,16,18). The first-order valence-corrected chi connectivity index (χ1v) is 5.88. The van der Waals surface area contributed by atoms with Crippen molar-refractivity contribution in [3.05, 3.63) is 22.7 Å². The van der Waals surface area contributed by atoms with Crippen LogP contribution in [-0.2, 0) is 16.0 Å². The fourth-order valence-corrected chi connectivity index (χ4v) is 1.84. The molecule has 1 aliphatic heterocycles. The quantitative estimate of drug-likeness (QED) is 0.759. The smallest absolute Gasteiger partial charge is 0.243 e. The molecule has 2 rings (SSSR count). The number of nitrogens with two attached hydrogens (primary N) is 1. The second kappa shape index (κ2) is 4.26. The highest BCUT2D eigenvalue weighted by molar-refractivity contribution is 6.34. The SMILES string of the molecule is CC(C)(N)C(=O)Nc1cc2c(cc1Cl)NC(=O)C2. The number of rotatable bonds is 2. The Kier molecular flexibility index (Phi) is 3.04. The van der Waals surface area contributed by atoms with Crippen molar-refractivity contribution in [2.24, 2.45) is 5.73 Å². The lowest BCUT2D eigenvalue weighted by atomic mass is 10.1. The number of hydrogen-bond donors (Lipinski definition) is 3. The van der Waals surface area contributed by atoms with E-state index in [1.165, 1.54) is 0 Å². The molecular formula is C12H14ClN3O2. The molecule has 5 nitrogen and oxygen atoms in total. The second-order valence-corrected chi connectivity index (χ2v) is 5.30. The lowest BCUT2D eigenvalue weighted by Gasteiger charge is -2.18. The van der Waals surface area contributed by atoms with Gasteiger partial charge in [0, 0.05) is 5.69 Å². The number of amides is 2. The molecule has 0 aromatic heterocycles. The largest absolute Gasteiger partial charge is 0.325 e. The van der Waals surface area contributed by atoms with Crippen molar-refractivity contribution in [3.63, 3.8) is 0 Å². The van der Waals surface area contributed by atoms with Crippen molar-refractivity contribution >= 4 is 34.8 Å². The molecule has 1 aromatic rings. The van der Waals surface area contributed by atoms with Gasteiger partial charge >= 0.3 is 0 Å². The first-order valence-electron chi connectivity index (χ1n) is 5.50. The van der Waals surface area contributed by atoms with Gasteiger partial charge in [-0.25, -0.2) is 0 Å². The molecule has 1 aliphatic rings. The Morgan fingerprint density at radius 3 is 2.78 bits per heavy atom. The second-order valence-electron chi connectivity index (χ2n) is 4.89. The zero-order valence-corrected chi connectivity index (χ0v) is 10.9. The Balaban J connectivity index is 2.28. The van der Waals surface area contributed by atoms with E-state index in [0.29, 0.717) is 22.8 Å². The summed E-state index contributed by atoms with van der Waals surface area (Å²) in [5, 5.41) is 5.72. The zero-order valence-electron chi connectivity index (χ0n) is 10.1. The summed E-state index contributed by atoms with van der Waals surface area (Å²) in [7, 11) is 0. The van der Waals surface area contributed by atoms with Crippen LogP contribution in [0.1, 0.15) is 19.4 Å². The number of halogens is 1. The molecule has 0 saturated heterocycles. The van der Waals surface area contributed by atoms with Crippen molar-refractivity contribution in [2.45, 2.75) is 25.8 Å². The highest BCUT2D eigenvalue weighted by atomic mass is 35.5. The summed E-state index contributed by atoms with van der Waals surface area (Å²) in [6.07, 6.45) is 0.293. The minimum atomic E-state index is -0.990. The molecule has 0 unspecified atom stereocenters. The van der Waals surface area contributed by atoms with Gasteiger partial charge in [0.2, 0.25) is 11.8 Å². The molecule has 0 aliphatic carbocycles. The monoisotopic (exact) mass is 267 g/mol. The molecule has 0 spiro atoms. The third-order valence-electron chi connectivity index (χ3n) is 2.65. The number of anilines is 2. The van der Waals surface area contributed by atoms with Crippen molar-refractivity contribution in [2.75, 3.05) is 10.6 Å². The molecule has 0 bridgehead atoms. The summed E-state index contributed by atoms with van der Waals surface area (Å²) in [5.74, 6) is -0.412. The normalized spacial score (nSPS) is 14.1. The van der Waals surface area contributed by atoms with E-state index in [9.17, 15) is 9.59 Å². The molecule has 2 amide bonds. The van der Waals surface area contributed by atoms with Gasteiger partial charge in [0.25, 0.3) is 0 Å². The first kappa shape index (κ1) is 12.9. The van der Waals surface area contributed by atoms with E-state index >= 15 is 0 Å². The Bertz CT molecular complexity index is 535.